The topological polar surface area (TPSA) is 97.5 Å². The zero-order valence-electron chi connectivity index (χ0n) is 13.4. The molecule has 0 aliphatic rings. The van der Waals surface area contributed by atoms with Gasteiger partial charge in [-0.25, -0.2) is 9.59 Å². The van der Waals surface area contributed by atoms with Crippen molar-refractivity contribution in [2.45, 2.75) is 26.4 Å². The maximum Gasteiger partial charge on any atom is 0.412 e. The zero-order valence-corrected chi connectivity index (χ0v) is 13.4. The molecule has 2 aromatic rings. The number of hydrogen-bond acceptors (Lipinski definition) is 5. The lowest BCUT2D eigenvalue weighted by atomic mass is 10.1. The van der Waals surface area contributed by atoms with Crippen molar-refractivity contribution in [2.24, 2.45) is 0 Å². The standard InChI is InChI=1S/C16H18N2O5/c1-16(2,3)23-15(21)18-9-5-6-12-10(7-9)11(8-17-12)13(19)14(20)22-4/h5-8,17H,1-4H3,(H,18,21). The molecule has 1 amide bonds. The molecule has 7 heteroatoms. The summed E-state index contributed by atoms with van der Waals surface area (Å²) in [6, 6.07) is 4.94. The van der Waals surface area contributed by atoms with Crippen LogP contribution in [-0.4, -0.2) is 35.5 Å². The van der Waals surface area contributed by atoms with Crippen LogP contribution in [0, 0.1) is 0 Å². The summed E-state index contributed by atoms with van der Waals surface area (Å²) in [6.45, 7) is 5.28. The molecule has 1 aromatic heterocycles. The zero-order chi connectivity index (χ0) is 17.2. The van der Waals surface area contributed by atoms with Crippen molar-refractivity contribution in [1.82, 2.24) is 4.98 Å². The van der Waals surface area contributed by atoms with Crippen molar-refractivity contribution in [3.8, 4) is 0 Å². The highest BCUT2D eigenvalue weighted by Gasteiger charge is 2.21. The van der Waals surface area contributed by atoms with Gasteiger partial charge in [-0.2, -0.15) is 0 Å². The number of amides is 1. The Morgan fingerprint density at radius 1 is 1.17 bits per heavy atom. The highest BCUT2D eigenvalue weighted by atomic mass is 16.6. The molecule has 23 heavy (non-hydrogen) atoms. The summed E-state index contributed by atoms with van der Waals surface area (Å²) in [5, 5.41) is 3.10. The lowest BCUT2D eigenvalue weighted by Gasteiger charge is -2.19. The minimum atomic E-state index is -0.948. The minimum absolute atomic E-state index is 0.180. The van der Waals surface area contributed by atoms with Gasteiger partial charge in [0, 0.05) is 22.8 Å². The van der Waals surface area contributed by atoms with Gasteiger partial charge < -0.3 is 14.5 Å². The molecule has 1 heterocycles. The summed E-state index contributed by atoms with van der Waals surface area (Å²) < 4.78 is 9.61. The van der Waals surface area contributed by atoms with E-state index >= 15 is 0 Å². The second-order valence-corrected chi connectivity index (χ2v) is 5.91. The Morgan fingerprint density at radius 3 is 2.48 bits per heavy atom. The number of methoxy groups -OCH3 is 1. The molecule has 1 aromatic carbocycles. The maximum absolute atomic E-state index is 12.0. The van der Waals surface area contributed by atoms with E-state index in [0.29, 0.717) is 16.6 Å². The normalized spacial score (nSPS) is 11.1. The predicted molar refractivity (Wildman–Crippen MR) is 84.5 cm³/mol. The molecule has 122 valence electrons. The van der Waals surface area contributed by atoms with Gasteiger partial charge in [0.15, 0.2) is 0 Å². The Kier molecular flexibility index (Phi) is 4.40. The predicted octanol–water partition coefficient (Wildman–Crippen LogP) is 2.87. The fourth-order valence-electron chi connectivity index (χ4n) is 2.01. The van der Waals surface area contributed by atoms with Gasteiger partial charge in [-0.05, 0) is 39.0 Å². The quantitative estimate of drug-likeness (QED) is 0.515. The van der Waals surface area contributed by atoms with E-state index in [4.69, 9.17) is 4.74 Å². The van der Waals surface area contributed by atoms with Crippen LogP contribution in [0.4, 0.5) is 10.5 Å². The number of ketones is 1. The SMILES string of the molecule is COC(=O)C(=O)c1c[nH]c2ccc(NC(=O)OC(C)(C)C)cc12. The van der Waals surface area contributed by atoms with Crippen LogP contribution in [0.3, 0.4) is 0 Å². The van der Waals surface area contributed by atoms with Crippen LogP contribution >= 0.6 is 0 Å². The molecular weight excluding hydrogens is 300 g/mol. The number of anilines is 1. The number of esters is 1. The summed E-state index contributed by atoms with van der Waals surface area (Å²) in [6.07, 6.45) is 0.828. The Labute approximate surface area is 133 Å². The molecule has 0 spiro atoms. The van der Waals surface area contributed by atoms with Crippen LogP contribution in [0.5, 0.6) is 0 Å². The van der Waals surface area contributed by atoms with Crippen LogP contribution in [0.1, 0.15) is 31.1 Å². The number of ether oxygens (including phenoxy) is 2. The second-order valence-electron chi connectivity index (χ2n) is 5.91. The first-order valence-corrected chi connectivity index (χ1v) is 6.95. The first-order chi connectivity index (χ1) is 10.7. The average Bonchev–Trinajstić information content (AvgIpc) is 2.86. The molecule has 0 aliphatic heterocycles. The van der Waals surface area contributed by atoms with Crippen LogP contribution in [0.2, 0.25) is 0 Å². The Balaban J connectivity index is 2.29. The first kappa shape index (κ1) is 16.5. The number of carbonyl (C=O) groups excluding carboxylic acids is 3. The molecular formula is C16H18N2O5. The minimum Gasteiger partial charge on any atom is -0.463 e. The van der Waals surface area contributed by atoms with Gasteiger partial charge in [0.05, 0.1) is 12.7 Å². The number of benzene rings is 1. The highest BCUT2D eigenvalue weighted by Crippen LogP contribution is 2.23. The van der Waals surface area contributed by atoms with Gasteiger partial charge >= 0.3 is 12.1 Å². The van der Waals surface area contributed by atoms with Crippen LogP contribution < -0.4 is 5.32 Å². The van der Waals surface area contributed by atoms with Crippen molar-refractivity contribution in [2.75, 3.05) is 12.4 Å². The van der Waals surface area contributed by atoms with E-state index in [9.17, 15) is 14.4 Å². The van der Waals surface area contributed by atoms with E-state index in [0.717, 1.165) is 7.11 Å². The van der Waals surface area contributed by atoms with Gasteiger partial charge in [0.1, 0.15) is 5.60 Å². The molecule has 7 nitrogen and oxygen atoms in total. The molecule has 2 rings (SSSR count). The van der Waals surface area contributed by atoms with Gasteiger partial charge in [-0.3, -0.25) is 10.1 Å². The number of Topliss-reactive ketones (excluding diaryl/α,β-unsaturated/α-hetero) is 1. The van der Waals surface area contributed by atoms with Crippen molar-refractivity contribution in [3.63, 3.8) is 0 Å². The van der Waals surface area contributed by atoms with Crippen LogP contribution in [-0.2, 0) is 14.3 Å². The third kappa shape index (κ3) is 3.88. The van der Waals surface area contributed by atoms with E-state index in [1.807, 2.05) is 0 Å². The molecule has 0 saturated carbocycles. The number of rotatable bonds is 3. The molecule has 0 atom stereocenters. The smallest absolute Gasteiger partial charge is 0.412 e. The summed E-state index contributed by atoms with van der Waals surface area (Å²) in [4.78, 5) is 38.1. The van der Waals surface area contributed by atoms with Crippen LogP contribution in [0.25, 0.3) is 10.9 Å². The Bertz CT molecular complexity index is 770. The second kappa shape index (κ2) is 6.12. The van der Waals surface area contributed by atoms with Gasteiger partial charge in [-0.15, -0.1) is 0 Å². The number of fused-ring (bicyclic) bond motifs is 1. The van der Waals surface area contributed by atoms with Gasteiger partial charge in [-0.1, -0.05) is 0 Å². The Morgan fingerprint density at radius 2 is 1.87 bits per heavy atom. The van der Waals surface area contributed by atoms with E-state index in [1.54, 1.807) is 39.0 Å². The molecule has 0 aliphatic carbocycles. The first-order valence-electron chi connectivity index (χ1n) is 6.95. The highest BCUT2D eigenvalue weighted by molar-refractivity contribution is 6.43. The number of aromatic amines is 1. The monoisotopic (exact) mass is 318 g/mol. The summed E-state index contributed by atoms with van der Waals surface area (Å²) in [5.41, 5.74) is 0.672. The van der Waals surface area contributed by atoms with E-state index in [2.05, 4.69) is 15.0 Å². The molecule has 0 unspecified atom stereocenters. The third-order valence-electron chi connectivity index (χ3n) is 2.94. The van der Waals surface area contributed by atoms with E-state index < -0.39 is 23.4 Å². The van der Waals surface area contributed by atoms with Crippen LogP contribution in [0.15, 0.2) is 24.4 Å². The van der Waals surface area contributed by atoms with Crippen molar-refractivity contribution >= 4 is 34.4 Å². The van der Waals surface area contributed by atoms with E-state index in [1.165, 1.54) is 6.20 Å². The fourth-order valence-corrected chi connectivity index (χ4v) is 2.01. The van der Waals surface area contributed by atoms with Crippen molar-refractivity contribution in [1.29, 1.82) is 0 Å². The number of nitrogens with one attached hydrogen (secondary N) is 2. The fraction of sp³-hybridized carbons (Fsp3) is 0.312. The third-order valence-corrected chi connectivity index (χ3v) is 2.94. The molecule has 0 radical (unpaired) electrons. The number of H-pyrrole nitrogens is 1. The Hall–Kier alpha value is -2.83. The number of carbonyl (C=O) groups is 3. The van der Waals surface area contributed by atoms with E-state index in [-0.39, 0.29) is 5.56 Å². The lowest BCUT2D eigenvalue weighted by molar-refractivity contribution is -0.135. The number of hydrogen-bond donors (Lipinski definition) is 2. The van der Waals surface area contributed by atoms with Crippen molar-refractivity contribution in [3.05, 3.63) is 30.0 Å². The molecule has 0 fully saturated rings. The maximum atomic E-state index is 12.0. The van der Waals surface area contributed by atoms with Gasteiger partial charge in [0.25, 0.3) is 5.78 Å². The van der Waals surface area contributed by atoms with Gasteiger partial charge in [0.2, 0.25) is 0 Å². The lowest BCUT2D eigenvalue weighted by Crippen LogP contribution is -2.27. The summed E-state index contributed by atoms with van der Waals surface area (Å²) >= 11 is 0. The largest absolute Gasteiger partial charge is 0.463 e. The molecule has 0 saturated heterocycles. The molecule has 2 N–H and O–H groups in total. The summed E-state index contributed by atoms with van der Waals surface area (Å²) in [5.74, 6) is -1.70. The van der Waals surface area contributed by atoms with Crippen molar-refractivity contribution < 1.29 is 23.9 Å². The molecule has 0 bridgehead atoms. The number of aromatic nitrogens is 1. The summed E-state index contributed by atoms with van der Waals surface area (Å²) in [7, 11) is 1.14. The average molecular weight is 318 g/mol.